The number of nitrogens with zero attached hydrogens (tertiary/aromatic N) is 1. The van der Waals surface area contributed by atoms with E-state index in [4.69, 9.17) is 0 Å². The zero-order valence-corrected chi connectivity index (χ0v) is 17.0. The lowest BCUT2D eigenvalue weighted by molar-refractivity contribution is -0.907. The number of aliphatic hydroxyl groups excluding tert-OH is 1. The third-order valence-corrected chi connectivity index (χ3v) is 7.95. The number of piperazine rings is 1. The zero-order valence-electron chi connectivity index (χ0n) is 16.2. The van der Waals surface area contributed by atoms with Crippen LogP contribution in [0.25, 0.3) is 0 Å². The third kappa shape index (κ3) is 4.15. The molecule has 1 fully saturated rings. The summed E-state index contributed by atoms with van der Waals surface area (Å²) < 4.78 is 27.8. The van der Waals surface area contributed by atoms with Crippen LogP contribution in [0.1, 0.15) is 35.6 Å². The lowest BCUT2D eigenvalue weighted by Gasteiger charge is -2.32. The molecule has 2 N–H and O–H groups in total. The predicted molar refractivity (Wildman–Crippen MR) is 109 cm³/mol. The van der Waals surface area contributed by atoms with Crippen molar-refractivity contribution in [3.05, 3.63) is 65.2 Å². The van der Waals surface area contributed by atoms with E-state index >= 15 is 0 Å². The highest BCUT2D eigenvalue weighted by Crippen LogP contribution is 2.25. The fourth-order valence-electron chi connectivity index (χ4n) is 4.33. The van der Waals surface area contributed by atoms with E-state index < -0.39 is 16.1 Å². The minimum Gasteiger partial charge on any atom is -0.382 e. The fraction of sp³-hybridized carbons (Fsp3) is 0.455. The SMILES string of the molecule is O=S(=O)(c1ccc2c(c1)CCCC2)N1CC[NH+](C[C@@H](O)c2ccccc2)CC1. The molecule has 150 valence electrons. The van der Waals surface area contributed by atoms with Crippen LogP contribution < -0.4 is 4.90 Å². The summed E-state index contributed by atoms with van der Waals surface area (Å²) in [5.74, 6) is 0. The first-order valence-corrected chi connectivity index (χ1v) is 11.7. The second-order valence-electron chi connectivity index (χ2n) is 7.92. The summed E-state index contributed by atoms with van der Waals surface area (Å²) in [5.41, 5.74) is 3.41. The van der Waals surface area contributed by atoms with Gasteiger partial charge in [0.1, 0.15) is 12.6 Å². The predicted octanol–water partition coefficient (Wildman–Crippen LogP) is 1.19. The minimum atomic E-state index is -3.44. The van der Waals surface area contributed by atoms with E-state index in [9.17, 15) is 13.5 Å². The number of hydrogen-bond donors (Lipinski definition) is 2. The van der Waals surface area contributed by atoms with Crippen molar-refractivity contribution in [2.24, 2.45) is 0 Å². The molecule has 0 saturated carbocycles. The monoisotopic (exact) mass is 401 g/mol. The van der Waals surface area contributed by atoms with Gasteiger partial charge in [-0.1, -0.05) is 36.4 Å². The van der Waals surface area contributed by atoms with Gasteiger partial charge in [-0.2, -0.15) is 4.31 Å². The lowest BCUT2D eigenvalue weighted by Crippen LogP contribution is -3.15. The van der Waals surface area contributed by atoms with Crippen molar-refractivity contribution >= 4 is 10.0 Å². The molecule has 4 rings (SSSR count). The molecule has 0 unspecified atom stereocenters. The van der Waals surface area contributed by atoms with Gasteiger partial charge in [-0.3, -0.25) is 0 Å². The molecule has 1 heterocycles. The zero-order chi connectivity index (χ0) is 19.6. The molecule has 28 heavy (non-hydrogen) atoms. The topological polar surface area (TPSA) is 62.0 Å². The number of quaternary nitrogens is 1. The van der Waals surface area contributed by atoms with Gasteiger partial charge in [-0.25, -0.2) is 8.42 Å². The van der Waals surface area contributed by atoms with Gasteiger partial charge in [0, 0.05) is 0 Å². The van der Waals surface area contributed by atoms with Crippen LogP contribution in [0.4, 0.5) is 0 Å². The number of rotatable bonds is 5. The Morgan fingerprint density at radius 1 is 0.964 bits per heavy atom. The number of nitrogens with one attached hydrogen (secondary N) is 1. The smallest absolute Gasteiger partial charge is 0.243 e. The number of aliphatic hydroxyl groups is 1. The van der Waals surface area contributed by atoms with Gasteiger partial charge in [-0.15, -0.1) is 0 Å². The highest BCUT2D eigenvalue weighted by Gasteiger charge is 2.31. The van der Waals surface area contributed by atoms with Crippen LogP contribution >= 0.6 is 0 Å². The molecule has 2 aromatic carbocycles. The van der Waals surface area contributed by atoms with E-state index in [1.165, 1.54) is 22.4 Å². The van der Waals surface area contributed by atoms with Crippen LogP contribution in [0.5, 0.6) is 0 Å². The summed E-state index contributed by atoms with van der Waals surface area (Å²) in [6.07, 6.45) is 3.86. The van der Waals surface area contributed by atoms with E-state index in [-0.39, 0.29) is 0 Å². The number of benzene rings is 2. The molecule has 1 atom stereocenters. The number of fused-ring (bicyclic) bond motifs is 1. The average Bonchev–Trinajstić information content (AvgIpc) is 2.74. The van der Waals surface area contributed by atoms with Crippen molar-refractivity contribution in [1.29, 1.82) is 0 Å². The van der Waals surface area contributed by atoms with Crippen molar-refractivity contribution in [1.82, 2.24) is 4.31 Å². The summed E-state index contributed by atoms with van der Waals surface area (Å²) in [4.78, 5) is 1.68. The van der Waals surface area contributed by atoms with E-state index in [0.717, 1.165) is 24.8 Å². The summed E-state index contributed by atoms with van der Waals surface area (Å²) in [6, 6.07) is 15.3. The van der Waals surface area contributed by atoms with Crippen LogP contribution in [0.2, 0.25) is 0 Å². The first-order chi connectivity index (χ1) is 13.5. The van der Waals surface area contributed by atoms with Crippen LogP contribution in [0, 0.1) is 0 Å². The Hall–Kier alpha value is -1.73. The maximum absolute atomic E-state index is 13.1. The molecule has 0 radical (unpaired) electrons. The van der Waals surface area contributed by atoms with Crippen LogP contribution in [-0.2, 0) is 22.9 Å². The van der Waals surface area contributed by atoms with Crippen LogP contribution in [0.15, 0.2) is 53.4 Å². The normalized spacial score (nSPS) is 19.9. The van der Waals surface area contributed by atoms with Gasteiger partial charge in [0.05, 0.1) is 31.1 Å². The first kappa shape index (κ1) is 19.6. The van der Waals surface area contributed by atoms with Gasteiger partial charge in [0.15, 0.2) is 0 Å². The van der Waals surface area contributed by atoms with Crippen molar-refractivity contribution in [2.45, 2.75) is 36.7 Å². The average molecular weight is 402 g/mol. The molecular formula is C22H29N2O3S+. The molecule has 1 aliphatic carbocycles. The Morgan fingerprint density at radius 2 is 1.64 bits per heavy atom. The van der Waals surface area contributed by atoms with E-state index in [1.807, 2.05) is 42.5 Å². The molecule has 0 bridgehead atoms. The lowest BCUT2D eigenvalue weighted by atomic mass is 9.92. The maximum atomic E-state index is 13.1. The number of aryl methyl sites for hydroxylation is 2. The standard InChI is InChI=1S/C22H28N2O3S/c25-22(19-7-2-1-3-8-19)17-23-12-14-24(15-13-23)28(26,27)21-11-10-18-6-4-5-9-20(18)16-21/h1-3,7-8,10-11,16,22,25H,4-6,9,12-15,17H2/p+1/t22-/m1/s1. The van der Waals surface area contributed by atoms with E-state index in [0.29, 0.717) is 37.6 Å². The second kappa shape index (κ2) is 8.33. The Bertz CT molecular complexity index is 907. The summed E-state index contributed by atoms with van der Waals surface area (Å²) in [6.45, 7) is 3.03. The number of sulfonamides is 1. The summed E-state index contributed by atoms with van der Waals surface area (Å²) in [7, 11) is -3.44. The Balaban J connectivity index is 1.39. The van der Waals surface area contributed by atoms with Crippen molar-refractivity contribution < 1.29 is 18.4 Å². The molecule has 6 heteroatoms. The van der Waals surface area contributed by atoms with Crippen LogP contribution in [-0.4, -0.2) is 50.6 Å². The highest BCUT2D eigenvalue weighted by molar-refractivity contribution is 7.89. The second-order valence-corrected chi connectivity index (χ2v) is 9.86. The van der Waals surface area contributed by atoms with Gasteiger partial charge in [0.2, 0.25) is 10.0 Å². The number of hydrogen-bond acceptors (Lipinski definition) is 3. The van der Waals surface area contributed by atoms with Crippen molar-refractivity contribution in [3.63, 3.8) is 0 Å². The molecule has 1 aliphatic heterocycles. The van der Waals surface area contributed by atoms with Gasteiger partial charge in [-0.05, 0) is 54.5 Å². The summed E-state index contributed by atoms with van der Waals surface area (Å²) >= 11 is 0. The Labute approximate surface area is 167 Å². The fourth-order valence-corrected chi connectivity index (χ4v) is 5.83. The molecule has 0 aromatic heterocycles. The quantitative estimate of drug-likeness (QED) is 0.791. The Morgan fingerprint density at radius 3 is 2.36 bits per heavy atom. The third-order valence-electron chi connectivity index (χ3n) is 6.05. The molecule has 0 spiro atoms. The molecule has 2 aromatic rings. The van der Waals surface area contributed by atoms with Crippen molar-refractivity contribution in [3.8, 4) is 0 Å². The molecule has 2 aliphatic rings. The maximum Gasteiger partial charge on any atom is 0.243 e. The van der Waals surface area contributed by atoms with E-state index in [1.54, 1.807) is 10.4 Å². The van der Waals surface area contributed by atoms with Gasteiger partial charge >= 0.3 is 0 Å². The molecular weight excluding hydrogens is 372 g/mol. The minimum absolute atomic E-state index is 0.431. The van der Waals surface area contributed by atoms with Gasteiger partial charge < -0.3 is 10.0 Å². The molecule has 1 saturated heterocycles. The van der Waals surface area contributed by atoms with Gasteiger partial charge in [0.25, 0.3) is 0 Å². The van der Waals surface area contributed by atoms with Crippen molar-refractivity contribution in [2.75, 3.05) is 32.7 Å². The highest BCUT2D eigenvalue weighted by atomic mass is 32.2. The van der Waals surface area contributed by atoms with Crippen LogP contribution in [0.3, 0.4) is 0 Å². The Kier molecular flexibility index (Phi) is 5.83. The molecule has 5 nitrogen and oxygen atoms in total. The summed E-state index contributed by atoms with van der Waals surface area (Å²) in [5, 5.41) is 10.4. The largest absolute Gasteiger partial charge is 0.382 e. The van der Waals surface area contributed by atoms with E-state index in [2.05, 4.69) is 0 Å². The molecule has 0 amide bonds. The first-order valence-electron chi connectivity index (χ1n) is 10.2.